The molecule has 3 heterocycles. The average molecular weight is 466 g/mol. The number of aromatic nitrogens is 3. The van der Waals surface area contributed by atoms with E-state index in [0.717, 1.165) is 64.2 Å². The fourth-order valence-corrected chi connectivity index (χ4v) is 4.69. The molecule has 34 heavy (non-hydrogen) atoms. The number of aryl methyl sites for hydroxylation is 1. The molecule has 0 atom stereocenters. The number of hydrogen-bond donors (Lipinski definition) is 2. The highest BCUT2D eigenvalue weighted by molar-refractivity contribution is 5.96. The van der Waals surface area contributed by atoms with Crippen molar-refractivity contribution in [3.8, 4) is 5.75 Å². The molecule has 2 aromatic heterocycles. The van der Waals surface area contributed by atoms with Gasteiger partial charge in [0.1, 0.15) is 12.4 Å². The van der Waals surface area contributed by atoms with Crippen LogP contribution in [0.25, 0.3) is 10.9 Å². The zero-order valence-electron chi connectivity index (χ0n) is 20.2. The number of methoxy groups -OCH3 is 1. The summed E-state index contributed by atoms with van der Waals surface area (Å²) in [7, 11) is 1.72. The first-order valence-corrected chi connectivity index (χ1v) is 12.2. The lowest BCUT2D eigenvalue weighted by Crippen LogP contribution is -2.38. The van der Waals surface area contributed by atoms with Gasteiger partial charge in [-0.1, -0.05) is 6.92 Å². The molecule has 8 nitrogen and oxygen atoms in total. The first-order chi connectivity index (χ1) is 16.6. The maximum atomic E-state index is 11.5. The van der Waals surface area contributed by atoms with Crippen LogP contribution in [0.4, 0.5) is 5.95 Å². The zero-order chi connectivity index (χ0) is 23.9. The predicted octanol–water partition coefficient (Wildman–Crippen LogP) is 3.07. The van der Waals surface area contributed by atoms with Gasteiger partial charge >= 0.3 is 0 Å². The highest BCUT2D eigenvalue weighted by atomic mass is 16.5. The number of fused-ring (bicyclic) bond motifs is 1. The van der Waals surface area contributed by atoms with E-state index in [1.807, 2.05) is 6.07 Å². The van der Waals surface area contributed by atoms with E-state index in [9.17, 15) is 4.79 Å². The maximum Gasteiger partial charge on any atom is 0.225 e. The zero-order valence-corrected chi connectivity index (χ0v) is 20.2. The van der Waals surface area contributed by atoms with E-state index in [0.29, 0.717) is 17.4 Å². The number of Topliss-reactive ketones (excluding diaryl/α,β-unsaturated/α-hetero) is 1. The normalized spacial score (nSPS) is 14.6. The molecule has 0 amide bonds. The topological polar surface area (TPSA) is 92.5 Å². The quantitative estimate of drug-likeness (QED) is 0.332. The van der Waals surface area contributed by atoms with E-state index >= 15 is 0 Å². The lowest BCUT2D eigenvalue weighted by molar-refractivity contribution is 0.0903. The third kappa shape index (κ3) is 5.56. The Bertz CT molecular complexity index is 1090. The van der Waals surface area contributed by atoms with E-state index in [1.165, 1.54) is 28.9 Å². The number of rotatable bonds is 11. The van der Waals surface area contributed by atoms with Crippen molar-refractivity contribution >= 4 is 22.6 Å². The molecule has 2 N–H and O–H groups in total. The van der Waals surface area contributed by atoms with Gasteiger partial charge in [-0.05, 0) is 62.4 Å². The molecule has 1 aromatic carbocycles. The molecule has 182 valence electrons. The lowest BCUT2D eigenvalue weighted by atomic mass is 9.97. The largest absolute Gasteiger partial charge is 0.497 e. The van der Waals surface area contributed by atoms with Crippen LogP contribution in [0.15, 0.2) is 36.8 Å². The van der Waals surface area contributed by atoms with Crippen LogP contribution in [0.1, 0.15) is 42.1 Å². The first-order valence-electron chi connectivity index (χ1n) is 12.2. The molecule has 0 saturated carbocycles. The number of aliphatic hydroxyl groups is 1. The number of carbonyl (C=O) groups excluding carboxylic acids is 1. The van der Waals surface area contributed by atoms with Crippen molar-refractivity contribution in [2.24, 2.45) is 5.92 Å². The molecule has 0 unspecified atom stereocenters. The standard InChI is InChI=1S/C26H35N5O3/c1-3-10-31-17-20(23-5-4-22(34-2)13-24(23)31)6-9-27-14-19-7-11-30(12-8-19)26-28-15-21(16-29-26)25(33)18-32/h4-5,13,15-17,19,27,32H,3,6-12,14,18H2,1-2H3. The molecular weight excluding hydrogens is 430 g/mol. The molecule has 1 aliphatic heterocycles. The molecular formula is C26H35N5O3. The van der Waals surface area contributed by atoms with Crippen LogP contribution in [0, 0.1) is 5.92 Å². The maximum absolute atomic E-state index is 11.5. The molecule has 0 aliphatic carbocycles. The minimum Gasteiger partial charge on any atom is -0.497 e. The van der Waals surface area contributed by atoms with E-state index in [2.05, 4.69) is 50.0 Å². The second-order valence-corrected chi connectivity index (χ2v) is 8.97. The van der Waals surface area contributed by atoms with Crippen molar-refractivity contribution < 1.29 is 14.6 Å². The third-order valence-corrected chi connectivity index (χ3v) is 6.64. The molecule has 0 radical (unpaired) electrons. The predicted molar refractivity (Wildman–Crippen MR) is 134 cm³/mol. The minimum atomic E-state index is -0.517. The second kappa shape index (κ2) is 11.4. The number of hydrogen-bond acceptors (Lipinski definition) is 7. The summed E-state index contributed by atoms with van der Waals surface area (Å²) < 4.78 is 7.77. The first kappa shape index (κ1) is 24.2. The van der Waals surface area contributed by atoms with E-state index < -0.39 is 6.61 Å². The summed E-state index contributed by atoms with van der Waals surface area (Å²) in [5.41, 5.74) is 2.98. The smallest absolute Gasteiger partial charge is 0.225 e. The van der Waals surface area contributed by atoms with Gasteiger partial charge in [-0.3, -0.25) is 4.79 Å². The summed E-state index contributed by atoms with van der Waals surface area (Å²) in [5, 5.41) is 13.9. The van der Waals surface area contributed by atoms with Crippen LogP contribution in [0.3, 0.4) is 0 Å². The lowest BCUT2D eigenvalue weighted by Gasteiger charge is -2.32. The van der Waals surface area contributed by atoms with Gasteiger partial charge in [0.2, 0.25) is 5.95 Å². The van der Waals surface area contributed by atoms with E-state index in [1.54, 1.807) is 7.11 Å². The Morgan fingerprint density at radius 3 is 2.68 bits per heavy atom. The van der Waals surface area contributed by atoms with Crippen molar-refractivity contribution in [2.45, 2.75) is 39.2 Å². The van der Waals surface area contributed by atoms with Crippen LogP contribution in [-0.2, 0) is 13.0 Å². The Labute approximate surface area is 201 Å². The summed E-state index contributed by atoms with van der Waals surface area (Å²) in [4.78, 5) is 22.3. The number of aliphatic hydroxyl groups excluding tert-OH is 1. The van der Waals surface area contributed by atoms with E-state index in [-0.39, 0.29) is 5.78 Å². The SMILES string of the molecule is CCCn1cc(CCNCC2CCN(c3ncc(C(=O)CO)cn3)CC2)c2ccc(OC)cc21. The van der Waals surface area contributed by atoms with Crippen molar-refractivity contribution in [3.63, 3.8) is 0 Å². The summed E-state index contributed by atoms with van der Waals surface area (Å²) in [6.07, 6.45) is 9.59. The summed E-state index contributed by atoms with van der Waals surface area (Å²) >= 11 is 0. The highest BCUT2D eigenvalue weighted by Crippen LogP contribution is 2.26. The van der Waals surface area contributed by atoms with Gasteiger partial charge < -0.3 is 24.6 Å². The van der Waals surface area contributed by atoms with Gasteiger partial charge in [-0.25, -0.2) is 9.97 Å². The average Bonchev–Trinajstić information content (AvgIpc) is 3.23. The van der Waals surface area contributed by atoms with Crippen LogP contribution in [-0.4, -0.2) is 65.3 Å². The molecule has 3 aromatic rings. The molecule has 8 heteroatoms. The number of anilines is 1. The number of piperidine rings is 1. The molecule has 1 fully saturated rings. The van der Waals surface area contributed by atoms with Gasteiger partial charge in [0.15, 0.2) is 5.78 Å². The van der Waals surface area contributed by atoms with Gasteiger partial charge in [-0.2, -0.15) is 0 Å². The summed E-state index contributed by atoms with van der Waals surface area (Å²) in [6, 6.07) is 6.36. The van der Waals surface area contributed by atoms with Crippen molar-refractivity contribution in [3.05, 3.63) is 47.9 Å². The van der Waals surface area contributed by atoms with Gasteiger partial charge in [-0.15, -0.1) is 0 Å². The van der Waals surface area contributed by atoms with Crippen LogP contribution in [0.5, 0.6) is 5.75 Å². The number of ether oxygens (including phenoxy) is 1. The fraction of sp³-hybridized carbons (Fsp3) is 0.500. The molecule has 1 saturated heterocycles. The minimum absolute atomic E-state index is 0.349. The molecule has 4 rings (SSSR count). The van der Waals surface area contributed by atoms with Crippen LogP contribution >= 0.6 is 0 Å². The molecule has 0 spiro atoms. The van der Waals surface area contributed by atoms with E-state index in [4.69, 9.17) is 9.84 Å². The number of ketones is 1. The number of nitrogens with zero attached hydrogens (tertiary/aromatic N) is 4. The Hall–Kier alpha value is -2.97. The summed E-state index contributed by atoms with van der Waals surface area (Å²) in [5.74, 6) is 1.84. The van der Waals surface area contributed by atoms with Crippen molar-refractivity contribution in [1.82, 2.24) is 19.9 Å². The Kier molecular flexibility index (Phi) is 8.13. The monoisotopic (exact) mass is 465 g/mol. The Balaban J connectivity index is 1.24. The van der Waals surface area contributed by atoms with Gasteiger partial charge in [0, 0.05) is 49.7 Å². The number of benzene rings is 1. The Morgan fingerprint density at radius 2 is 2.00 bits per heavy atom. The second-order valence-electron chi connectivity index (χ2n) is 8.97. The van der Waals surface area contributed by atoms with Crippen LogP contribution < -0.4 is 15.0 Å². The number of carbonyl (C=O) groups is 1. The van der Waals surface area contributed by atoms with Crippen molar-refractivity contribution in [1.29, 1.82) is 0 Å². The molecule has 1 aliphatic rings. The van der Waals surface area contributed by atoms with Crippen LogP contribution in [0.2, 0.25) is 0 Å². The summed E-state index contributed by atoms with van der Waals surface area (Å²) in [6.45, 7) is 6.49. The highest BCUT2D eigenvalue weighted by Gasteiger charge is 2.21. The fourth-order valence-electron chi connectivity index (χ4n) is 4.69. The van der Waals surface area contributed by atoms with Gasteiger partial charge in [0.05, 0.1) is 18.2 Å². The number of nitrogens with one attached hydrogen (secondary N) is 1. The molecule has 0 bridgehead atoms. The van der Waals surface area contributed by atoms with Crippen molar-refractivity contribution in [2.75, 3.05) is 44.8 Å². The van der Waals surface area contributed by atoms with Gasteiger partial charge in [0.25, 0.3) is 0 Å². The Morgan fingerprint density at radius 1 is 1.24 bits per heavy atom. The third-order valence-electron chi connectivity index (χ3n) is 6.64.